The first kappa shape index (κ1) is 22.1. The number of benzene rings is 2. The Morgan fingerprint density at radius 2 is 1.32 bits per heavy atom. The van der Waals surface area contributed by atoms with Crippen molar-refractivity contribution in [3.8, 4) is 0 Å². The Morgan fingerprint density at radius 1 is 0.840 bits per heavy atom. The van der Waals surface area contributed by atoms with Crippen LogP contribution in [0.2, 0.25) is 0 Å². The molecule has 0 atom stereocenters. The molecule has 132 valence electrons. The molecule has 2 rings (SSSR count). The van der Waals surface area contributed by atoms with Gasteiger partial charge in [-0.25, -0.2) is 20.4 Å². The molecule has 0 amide bonds. The quantitative estimate of drug-likeness (QED) is 0.503. The van der Waals surface area contributed by atoms with Crippen LogP contribution in [0.5, 0.6) is 0 Å². The molecule has 0 aliphatic carbocycles. The van der Waals surface area contributed by atoms with Crippen LogP contribution in [-0.2, 0) is 24.8 Å². The average Bonchev–Trinajstić information content (AvgIpc) is 2.62. The van der Waals surface area contributed by atoms with Crippen molar-refractivity contribution < 1.29 is 19.1 Å². The number of hydrogen-bond acceptors (Lipinski definition) is 6. The lowest BCUT2D eigenvalue weighted by Gasteiger charge is -2.33. The summed E-state index contributed by atoms with van der Waals surface area (Å²) in [4.78, 5) is 16.7. The van der Waals surface area contributed by atoms with Crippen LogP contribution in [0, 0.1) is 24.7 Å². The molecule has 0 aliphatic rings. The average molecular weight is 342 g/mol. The van der Waals surface area contributed by atoms with Gasteiger partial charge < -0.3 is 9.47 Å². The van der Waals surface area contributed by atoms with E-state index >= 15 is 0 Å². The van der Waals surface area contributed by atoms with Crippen LogP contribution in [0.1, 0.15) is 22.3 Å². The smallest absolute Gasteiger partial charge is 0.231 e. The molecule has 0 bridgehead atoms. The molecule has 6 nitrogen and oxygen atoms in total. The Balaban J connectivity index is 0.000000844. The molecule has 0 saturated heterocycles. The highest BCUT2D eigenvalue weighted by atomic mass is 16.7. The molecule has 0 radical (unpaired) electrons. The summed E-state index contributed by atoms with van der Waals surface area (Å²) >= 11 is 0. The first-order chi connectivity index (χ1) is 12.0. The fraction of sp³-hybridized carbons (Fsp3) is 0.263. The Bertz CT molecular complexity index is 701. The largest absolute Gasteiger partial charge is 0.346 e. The van der Waals surface area contributed by atoms with Crippen molar-refractivity contribution in [3.05, 3.63) is 70.8 Å². The van der Waals surface area contributed by atoms with E-state index in [1.807, 2.05) is 36.4 Å². The number of isocyanates is 2. The van der Waals surface area contributed by atoms with Gasteiger partial charge in [-0.15, -0.1) is 0 Å². The van der Waals surface area contributed by atoms with Crippen LogP contribution >= 0.6 is 0 Å². The molecule has 0 aromatic heterocycles. The summed E-state index contributed by atoms with van der Waals surface area (Å²) in [7, 11) is 3.36. The van der Waals surface area contributed by atoms with Crippen LogP contribution in [0.15, 0.2) is 48.5 Å². The van der Waals surface area contributed by atoms with Gasteiger partial charge in [0.15, 0.2) is 0 Å². The molecule has 0 saturated carbocycles. The van der Waals surface area contributed by atoms with Gasteiger partial charge in [0.05, 0.1) is 0 Å². The third kappa shape index (κ3) is 5.60. The van der Waals surface area contributed by atoms with Gasteiger partial charge in [0.2, 0.25) is 17.9 Å². The van der Waals surface area contributed by atoms with E-state index in [2.05, 4.69) is 26.0 Å². The minimum Gasteiger partial charge on any atom is -0.346 e. The lowest BCUT2D eigenvalue weighted by molar-refractivity contribution is -0.184. The van der Waals surface area contributed by atoms with Crippen molar-refractivity contribution >= 4 is 12.2 Å². The van der Waals surface area contributed by atoms with Crippen molar-refractivity contribution in [2.24, 2.45) is 0 Å². The highest BCUT2D eigenvalue weighted by Gasteiger charge is 2.35. The second-order valence-electron chi connectivity index (χ2n) is 4.84. The van der Waals surface area contributed by atoms with Crippen LogP contribution in [0.3, 0.4) is 0 Å². The topological polar surface area (TPSA) is 100 Å². The van der Waals surface area contributed by atoms with Crippen molar-refractivity contribution in [1.82, 2.24) is 0 Å². The zero-order valence-electron chi connectivity index (χ0n) is 14.8. The lowest BCUT2D eigenvalue weighted by atomic mass is 9.91. The minimum absolute atomic E-state index is 0.750. The van der Waals surface area contributed by atoms with E-state index in [4.69, 9.17) is 29.9 Å². The Kier molecular flexibility index (Phi) is 10.3. The maximum atomic E-state index is 8.35. The summed E-state index contributed by atoms with van der Waals surface area (Å²) in [5, 5.41) is 10.8. The van der Waals surface area contributed by atoms with Gasteiger partial charge in [-0.3, -0.25) is 0 Å². The van der Waals surface area contributed by atoms with Gasteiger partial charge in [-0.1, -0.05) is 48.5 Å². The van der Waals surface area contributed by atoms with E-state index < -0.39 is 5.79 Å². The lowest BCUT2D eigenvalue weighted by Crippen LogP contribution is -2.33. The van der Waals surface area contributed by atoms with Gasteiger partial charge in [0, 0.05) is 25.3 Å². The summed E-state index contributed by atoms with van der Waals surface area (Å²) in [6.45, 7) is 4.19. The molecule has 0 fully saturated rings. The zero-order chi connectivity index (χ0) is 19.3. The van der Waals surface area contributed by atoms with E-state index in [-0.39, 0.29) is 0 Å². The summed E-state index contributed by atoms with van der Waals surface area (Å²) in [5.74, 6) is -0.850. The van der Waals surface area contributed by atoms with Crippen LogP contribution in [0.4, 0.5) is 0 Å². The Hall–Kier alpha value is -2.88. The molecular formula is C19H22N2O4. The Morgan fingerprint density at radius 3 is 1.76 bits per heavy atom. The molecular weight excluding hydrogens is 320 g/mol. The number of methoxy groups -OCH3 is 2. The summed E-state index contributed by atoms with van der Waals surface area (Å²) in [5.41, 5.74) is 4.46. The monoisotopic (exact) mass is 342 g/mol. The van der Waals surface area contributed by atoms with E-state index in [0.717, 1.165) is 23.3 Å². The second-order valence-corrected chi connectivity index (χ2v) is 4.84. The SMILES string of the molecule is COC(OC)(c1ccccc1)c1cccc(C)c1C.N=C=O.N=C=O. The van der Waals surface area contributed by atoms with E-state index in [9.17, 15) is 0 Å². The van der Waals surface area contributed by atoms with E-state index in [1.165, 1.54) is 11.1 Å². The van der Waals surface area contributed by atoms with E-state index in [1.54, 1.807) is 14.2 Å². The van der Waals surface area contributed by atoms with Gasteiger partial charge in [-0.2, -0.15) is 0 Å². The highest BCUT2D eigenvalue weighted by molar-refractivity contribution is 5.42. The van der Waals surface area contributed by atoms with Crippen LogP contribution in [0.25, 0.3) is 0 Å². The molecule has 0 unspecified atom stereocenters. The summed E-state index contributed by atoms with van der Waals surface area (Å²) in [6, 6.07) is 16.2. The van der Waals surface area contributed by atoms with Gasteiger partial charge in [-0.05, 0) is 25.0 Å². The molecule has 6 heteroatoms. The van der Waals surface area contributed by atoms with Crippen molar-refractivity contribution in [1.29, 1.82) is 10.8 Å². The molecule has 25 heavy (non-hydrogen) atoms. The number of ether oxygens (including phenoxy) is 2. The molecule has 0 heterocycles. The highest BCUT2D eigenvalue weighted by Crippen LogP contribution is 2.36. The molecule has 2 aromatic carbocycles. The Labute approximate surface area is 147 Å². The maximum absolute atomic E-state index is 8.35. The number of aryl methyl sites for hydroxylation is 1. The van der Waals surface area contributed by atoms with Crippen molar-refractivity contribution in [2.75, 3.05) is 14.2 Å². The standard InChI is InChI=1S/C17H20O2.2CHNO/c1-13-9-8-12-16(14(13)2)17(18-3,19-4)15-10-6-5-7-11-15;2*2-1-3/h5-12H,1-4H3;2*2H. The van der Waals surface area contributed by atoms with Crippen molar-refractivity contribution in [3.63, 3.8) is 0 Å². The van der Waals surface area contributed by atoms with Crippen LogP contribution < -0.4 is 0 Å². The predicted molar refractivity (Wildman–Crippen MR) is 94.0 cm³/mol. The minimum atomic E-state index is -0.850. The second kappa shape index (κ2) is 11.6. The summed E-state index contributed by atoms with van der Waals surface area (Å²) < 4.78 is 11.5. The normalized spacial score (nSPS) is 9.44. The predicted octanol–water partition coefficient (Wildman–Crippen LogP) is 3.60. The van der Waals surface area contributed by atoms with Crippen molar-refractivity contribution in [2.45, 2.75) is 19.6 Å². The zero-order valence-corrected chi connectivity index (χ0v) is 14.8. The maximum Gasteiger partial charge on any atom is 0.231 e. The number of rotatable bonds is 4. The summed E-state index contributed by atoms with van der Waals surface area (Å²) in [6.07, 6.45) is 1.50. The van der Waals surface area contributed by atoms with Gasteiger partial charge in [0.1, 0.15) is 0 Å². The first-order valence-corrected chi connectivity index (χ1v) is 7.29. The number of hydrogen-bond donors (Lipinski definition) is 2. The fourth-order valence-electron chi connectivity index (χ4n) is 2.46. The fourth-order valence-corrected chi connectivity index (χ4v) is 2.46. The first-order valence-electron chi connectivity index (χ1n) is 7.29. The molecule has 2 N–H and O–H groups in total. The molecule has 0 spiro atoms. The molecule has 2 aromatic rings. The number of carbonyl (C=O) groups excluding carboxylic acids is 2. The van der Waals surface area contributed by atoms with Crippen LogP contribution in [-0.4, -0.2) is 26.4 Å². The third-order valence-electron chi connectivity index (χ3n) is 3.69. The van der Waals surface area contributed by atoms with Gasteiger partial charge >= 0.3 is 0 Å². The molecule has 0 aliphatic heterocycles. The third-order valence-corrected chi connectivity index (χ3v) is 3.69. The van der Waals surface area contributed by atoms with Gasteiger partial charge in [0.25, 0.3) is 0 Å². The number of nitrogens with one attached hydrogen (secondary N) is 2. The van der Waals surface area contributed by atoms with E-state index in [0.29, 0.717) is 0 Å².